The highest BCUT2D eigenvalue weighted by Gasteiger charge is 2.31. The van der Waals surface area contributed by atoms with Crippen molar-refractivity contribution in [2.24, 2.45) is 11.3 Å². The summed E-state index contributed by atoms with van der Waals surface area (Å²) in [6, 6.07) is 0. The molecule has 0 spiro atoms. The molecule has 3 fully saturated rings. The summed E-state index contributed by atoms with van der Waals surface area (Å²) in [7, 11) is 0. The molecule has 3 N–H and O–H groups in total. The van der Waals surface area contributed by atoms with Crippen LogP contribution in [-0.4, -0.2) is 45.1 Å². The molecule has 4 atom stereocenters. The molecule has 2 heterocycles. The van der Waals surface area contributed by atoms with Crippen LogP contribution in [0, 0.1) is 11.3 Å². The number of hydrogen-bond acceptors (Lipinski definition) is 4. The molecule has 4 heteroatoms. The number of fused-ring (bicyclic) bond motifs is 4. The highest BCUT2D eigenvalue weighted by atomic mass is 16.5. The molecule has 1 aliphatic carbocycles. The minimum atomic E-state index is 0.443. The van der Waals surface area contributed by atoms with Gasteiger partial charge in [-0.1, -0.05) is 19.8 Å². The number of nitrogens with one attached hydrogen (secondary N) is 3. The Hall–Kier alpha value is -0.160. The van der Waals surface area contributed by atoms with Crippen LogP contribution in [0.3, 0.4) is 0 Å². The molecule has 134 valence electrons. The summed E-state index contributed by atoms with van der Waals surface area (Å²) < 4.78 is 6.15. The highest BCUT2D eigenvalue weighted by Crippen LogP contribution is 2.30. The van der Waals surface area contributed by atoms with Gasteiger partial charge in [-0.15, -0.1) is 0 Å². The molecule has 0 aromatic carbocycles. The normalized spacial score (nSPS) is 41.3. The molecule has 2 saturated heterocycles. The lowest BCUT2D eigenvalue weighted by Crippen LogP contribution is -2.53. The number of hydrogen-bond donors (Lipinski definition) is 3. The van der Waals surface area contributed by atoms with Gasteiger partial charge in [0.15, 0.2) is 0 Å². The van der Waals surface area contributed by atoms with Crippen LogP contribution in [0.25, 0.3) is 0 Å². The van der Waals surface area contributed by atoms with E-state index in [1.807, 2.05) is 0 Å². The second-order valence-corrected chi connectivity index (χ2v) is 8.42. The van der Waals surface area contributed by atoms with Gasteiger partial charge in [-0.3, -0.25) is 0 Å². The Balaban J connectivity index is 1.52. The molecular weight excluding hydrogens is 286 g/mol. The average molecular weight is 324 g/mol. The van der Waals surface area contributed by atoms with Gasteiger partial charge < -0.3 is 20.7 Å². The Kier molecular flexibility index (Phi) is 6.75. The molecule has 0 radical (unpaired) electrons. The average Bonchev–Trinajstić information content (AvgIpc) is 2.55. The van der Waals surface area contributed by atoms with E-state index in [1.54, 1.807) is 0 Å². The van der Waals surface area contributed by atoms with Crippen LogP contribution in [0.2, 0.25) is 0 Å². The summed E-state index contributed by atoms with van der Waals surface area (Å²) in [4.78, 5) is 0. The Morgan fingerprint density at radius 3 is 2.83 bits per heavy atom. The van der Waals surface area contributed by atoms with Gasteiger partial charge in [0.2, 0.25) is 0 Å². The zero-order chi connectivity index (χ0) is 16.0. The van der Waals surface area contributed by atoms with E-state index in [2.05, 4.69) is 22.9 Å². The highest BCUT2D eigenvalue weighted by molar-refractivity contribution is 4.87. The lowest BCUT2D eigenvalue weighted by Gasteiger charge is -2.40. The summed E-state index contributed by atoms with van der Waals surface area (Å²) >= 11 is 0. The fourth-order valence-corrected chi connectivity index (χ4v) is 4.63. The Bertz CT molecular complexity index is 352. The zero-order valence-electron chi connectivity index (χ0n) is 15.0. The molecule has 0 aromatic heterocycles. The van der Waals surface area contributed by atoms with Crippen LogP contribution in [0.1, 0.15) is 64.7 Å². The fourth-order valence-electron chi connectivity index (χ4n) is 4.63. The van der Waals surface area contributed by atoms with Crippen LogP contribution in [0.15, 0.2) is 0 Å². The van der Waals surface area contributed by atoms with Gasteiger partial charge in [0.1, 0.15) is 0 Å². The van der Waals surface area contributed by atoms with Crippen molar-refractivity contribution in [3.8, 4) is 0 Å². The molecule has 0 aromatic rings. The van der Waals surface area contributed by atoms with Crippen molar-refractivity contribution in [2.75, 3.05) is 32.8 Å². The first-order valence-electron chi connectivity index (χ1n) is 10.0. The first kappa shape index (κ1) is 17.7. The monoisotopic (exact) mass is 323 g/mol. The predicted octanol–water partition coefficient (Wildman–Crippen LogP) is 2.64. The summed E-state index contributed by atoms with van der Waals surface area (Å²) in [5, 5.41) is 11.1. The van der Waals surface area contributed by atoms with Gasteiger partial charge in [0.25, 0.3) is 0 Å². The minimum Gasteiger partial charge on any atom is -0.378 e. The summed E-state index contributed by atoms with van der Waals surface area (Å²) in [6.07, 6.45) is 12.7. The first-order chi connectivity index (χ1) is 11.2. The third-order valence-corrected chi connectivity index (χ3v) is 6.15. The van der Waals surface area contributed by atoms with Gasteiger partial charge in [-0.25, -0.2) is 0 Å². The lowest BCUT2D eigenvalue weighted by atomic mass is 9.79. The smallest absolute Gasteiger partial charge is 0.0577 e. The van der Waals surface area contributed by atoms with Crippen molar-refractivity contribution in [3.63, 3.8) is 0 Å². The molecule has 4 nitrogen and oxygen atoms in total. The van der Waals surface area contributed by atoms with E-state index in [4.69, 9.17) is 4.74 Å². The lowest BCUT2D eigenvalue weighted by molar-refractivity contribution is 0.00971. The van der Waals surface area contributed by atoms with Gasteiger partial charge in [0.05, 0.1) is 12.3 Å². The maximum absolute atomic E-state index is 6.15. The Labute approximate surface area is 142 Å². The SMILES string of the molecule is CC12CCNC(C1)NCCCCOC1CCCC(CCNC2)C1. The van der Waals surface area contributed by atoms with Crippen molar-refractivity contribution in [1.82, 2.24) is 16.0 Å². The maximum Gasteiger partial charge on any atom is 0.0577 e. The standard InChI is InChI=1S/C19H37N3O/c1-19-8-11-22-18(14-19)21-9-2-3-12-23-17-6-4-5-16(13-17)7-10-20-15-19/h16-18,20-22H,2-15H2,1H3. The summed E-state index contributed by atoms with van der Waals surface area (Å²) in [5.74, 6) is 0.879. The van der Waals surface area contributed by atoms with E-state index in [1.165, 1.54) is 70.9 Å². The van der Waals surface area contributed by atoms with E-state index in [0.29, 0.717) is 17.7 Å². The van der Waals surface area contributed by atoms with Crippen molar-refractivity contribution in [1.29, 1.82) is 0 Å². The molecule has 1 saturated carbocycles. The molecule has 3 rings (SSSR count). The molecule has 23 heavy (non-hydrogen) atoms. The van der Waals surface area contributed by atoms with Crippen molar-refractivity contribution in [2.45, 2.75) is 77.0 Å². The van der Waals surface area contributed by atoms with Gasteiger partial charge in [-0.2, -0.15) is 0 Å². The molecule has 2 aliphatic heterocycles. The van der Waals surface area contributed by atoms with Gasteiger partial charge in [0, 0.05) is 13.2 Å². The largest absolute Gasteiger partial charge is 0.378 e. The second kappa shape index (κ2) is 8.80. The van der Waals surface area contributed by atoms with E-state index in [0.717, 1.165) is 25.6 Å². The van der Waals surface area contributed by atoms with E-state index >= 15 is 0 Å². The van der Waals surface area contributed by atoms with Crippen LogP contribution in [-0.2, 0) is 4.74 Å². The van der Waals surface area contributed by atoms with Crippen molar-refractivity contribution in [3.05, 3.63) is 0 Å². The van der Waals surface area contributed by atoms with Crippen LogP contribution >= 0.6 is 0 Å². The molecule has 3 aliphatic rings. The summed E-state index contributed by atoms with van der Waals surface area (Å²) in [6.45, 7) is 8.01. The van der Waals surface area contributed by atoms with Crippen molar-refractivity contribution >= 4 is 0 Å². The molecule has 4 unspecified atom stereocenters. The van der Waals surface area contributed by atoms with Gasteiger partial charge in [-0.05, 0) is 75.9 Å². The predicted molar refractivity (Wildman–Crippen MR) is 95.6 cm³/mol. The van der Waals surface area contributed by atoms with Crippen LogP contribution in [0.5, 0.6) is 0 Å². The maximum atomic E-state index is 6.15. The van der Waals surface area contributed by atoms with Gasteiger partial charge >= 0.3 is 0 Å². The van der Waals surface area contributed by atoms with E-state index in [-0.39, 0.29) is 0 Å². The number of ether oxygens (including phenoxy) is 1. The van der Waals surface area contributed by atoms with E-state index < -0.39 is 0 Å². The Morgan fingerprint density at radius 1 is 0.957 bits per heavy atom. The van der Waals surface area contributed by atoms with E-state index in [9.17, 15) is 0 Å². The second-order valence-electron chi connectivity index (χ2n) is 8.42. The topological polar surface area (TPSA) is 45.3 Å². The third kappa shape index (κ3) is 5.70. The third-order valence-electron chi connectivity index (χ3n) is 6.15. The molecule has 4 bridgehead atoms. The minimum absolute atomic E-state index is 0.443. The fraction of sp³-hybridized carbons (Fsp3) is 1.00. The van der Waals surface area contributed by atoms with Crippen LogP contribution in [0.4, 0.5) is 0 Å². The number of piperidine rings is 1. The first-order valence-corrected chi connectivity index (χ1v) is 10.0. The van der Waals surface area contributed by atoms with Crippen molar-refractivity contribution < 1.29 is 4.74 Å². The summed E-state index contributed by atoms with van der Waals surface area (Å²) in [5.41, 5.74) is 0.443. The zero-order valence-corrected chi connectivity index (χ0v) is 15.0. The molecule has 0 amide bonds. The number of rotatable bonds is 0. The Morgan fingerprint density at radius 2 is 1.87 bits per heavy atom. The van der Waals surface area contributed by atoms with Crippen LogP contribution < -0.4 is 16.0 Å². The quantitative estimate of drug-likeness (QED) is 0.641. The molecular formula is C19H37N3O.